The largest absolute Gasteiger partial charge is 0.387 e. The predicted octanol–water partition coefficient (Wildman–Crippen LogP) is -3.55. The number of H-pyrrole nitrogens is 1. The predicted molar refractivity (Wildman–Crippen MR) is 67.9 cm³/mol. The molecule has 0 radical (unpaired) electrons. The van der Waals surface area contributed by atoms with Crippen molar-refractivity contribution in [1.29, 1.82) is 0 Å². The lowest BCUT2D eigenvalue weighted by atomic mass is 10.1. The van der Waals surface area contributed by atoms with Crippen LogP contribution in [0.2, 0.25) is 0 Å². The number of ether oxygens (including phenoxy) is 1. The van der Waals surface area contributed by atoms with Crippen LogP contribution < -0.4 is 11.5 Å². The van der Waals surface area contributed by atoms with Crippen LogP contribution in [0.1, 0.15) is 22.4 Å². The molecule has 13 heteroatoms. The molecule has 124 valence electrons. The molecule has 22 heavy (non-hydrogen) atoms. The van der Waals surface area contributed by atoms with Crippen molar-refractivity contribution < 1.29 is 39.2 Å². The Labute approximate surface area is 122 Å². The van der Waals surface area contributed by atoms with Crippen molar-refractivity contribution in [1.82, 2.24) is 9.97 Å². The first-order chi connectivity index (χ1) is 9.96. The van der Waals surface area contributed by atoms with E-state index >= 15 is 0 Å². The van der Waals surface area contributed by atoms with Gasteiger partial charge in [-0.2, -0.15) is 0 Å². The molecule has 5 atom stereocenters. The van der Waals surface area contributed by atoms with Gasteiger partial charge in [-0.25, -0.2) is 4.98 Å². The maximum Gasteiger partial charge on any atom is 0.374 e. The molecule has 0 saturated carbocycles. The number of carbonyl (C=O) groups excluding carboxylic acids is 1. The first-order valence-electron chi connectivity index (χ1n) is 5.90. The van der Waals surface area contributed by atoms with Crippen LogP contribution in [0.3, 0.4) is 0 Å². The summed E-state index contributed by atoms with van der Waals surface area (Å²) in [4.78, 5) is 35.2. The molecule has 1 aromatic rings. The van der Waals surface area contributed by atoms with Crippen LogP contribution in [0.5, 0.6) is 0 Å². The fourth-order valence-electron chi connectivity index (χ4n) is 2.03. The molecular weight excluding hydrogens is 323 g/mol. The quantitative estimate of drug-likeness (QED) is 0.199. The van der Waals surface area contributed by atoms with Crippen molar-refractivity contribution in [2.75, 3.05) is 0 Å². The lowest BCUT2D eigenvalue weighted by Crippen LogP contribution is -2.55. The maximum atomic E-state index is 11.2. The molecule has 2 unspecified atom stereocenters. The zero-order chi connectivity index (χ0) is 16.9. The van der Waals surface area contributed by atoms with E-state index in [-0.39, 0.29) is 11.5 Å². The number of amides is 1. The number of hydrogen-bond donors (Lipinski definition) is 8. The average molecular weight is 338 g/mol. The molecule has 1 aromatic heterocycles. The van der Waals surface area contributed by atoms with E-state index in [2.05, 4.69) is 9.97 Å². The summed E-state index contributed by atoms with van der Waals surface area (Å²) < 4.78 is 16.2. The summed E-state index contributed by atoms with van der Waals surface area (Å²) in [5, 5.41) is 29.4. The number of aliphatic hydroxyl groups is 3. The van der Waals surface area contributed by atoms with Gasteiger partial charge in [0.15, 0.2) is 0 Å². The van der Waals surface area contributed by atoms with Crippen molar-refractivity contribution in [3.8, 4) is 0 Å². The minimum Gasteiger partial charge on any atom is -0.387 e. The Morgan fingerprint density at radius 1 is 1.41 bits per heavy atom. The second kappa shape index (κ2) is 5.37. The van der Waals surface area contributed by atoms with Gasteiger partial charge in [0.2, 0.25) is 5.47 Å². The van der Waals surface area contributed by atoms with E-state index < -0.39 is 43.4 Å². The number of nitrogens with two attached hydrogens (primary N) is 2. The van der Waals surface area contributed by atoms with Crippen LogP contribution in [0.15, 0.2) is 6.20 Å². The van der Waals surface area contributed by atoms with Crippen molar-refractivity contribution in [3.05, 3.63) is 17.7 Å². The number of nitrogens with zero attached hydrogens (tertiary/aromatic N) is 1. The number of nitrogens with one attached hydrogen (secondary N) is 1. The fourth-order valence-corrected chi connectivity index (χ4v) is 2.57. The summed E-state index contributed by atoms with van der Waals surface area (Å²) in [7, 11) is -5.28. The number of primary amides is 1. The summed E-state index contributed by atoms with van der Waals surface area (Å²) in [6.45, 7) is 0. The molecule has 2 heterocycles. The van der Waals surface area contributed by atoms with Gasteiger partial charge in [0.25, 0.3) is 5.91 Å². The SMILES string of the molecule is NC(=O)c1c[nH]c(C2O[C@H](C(N)(O)P(=O)(O)O)[C@@H](O)[C@H]2O)n1. The third kappa shape index (κ3) is 2.66. The third-order valence-corrected chi connectivity index (χ3v) is 4.46. The van der Waals surface area contributed by atoms with Gasteiger partial charge in [0.1, 0.15) is 35.9 Å². The number of rotatable bonds is 4. The van der Waals surface area contributed by atoms with Crippen LogP contribution in [-0.2, 0) is 9.30 Å². The van der Waals surface area contributed by atoms with Crippen molar-refractivity contribution in [3.63, 3.8) is 0 Å². The average Bonchev–Trinajstić information content (AvgIpc) is 2.95. The Morgan fingerprint density at radius 2 is 2.00 bits per heavy atom. The molecule has 1 saturated heterocycles. The zero-order valence-corrected chi connectivity index (χ0v) is 11.8. The van der Waals surface area contributed by atoms with E-state index in [9.17, 15) is 24.7 Å². The Bertz CT molecular complexity index is 627. The van der Waals surface area contributed by atoms with Gasteiger partial charge < -0.3 is 40.6 Å². The molecule has 1 amide bonds. The third-order valence-electron chi connectivity index (χ3n) is 3.27. The Balaban J connectivity index is 2.30. The molecule has 0 aromatic carbocycles. The van der Waals surface area contributed by atoms with Crippen LogP contribution in [-0.4, -0.2) is 64.8 Å². The van der Waals surface area contributed by atoms with Gasteiger partial charge in [0.05, 0.1) is 0 Å². The molecule has 10 N–H and O–H groups in total. The highest BCUT2D eigenvalue weighted by atomic mass is 31.2. The van der Waals surface area contributed by atoms with Crippen LogP contribution in [0.25, 0.3) is 0 Å². The number of carbonyl (C=O) groups is 1. The number of hydrogen-bond acceptors (Lipinski definition) is 8. The van der Waals surface area contributed by atoms with E-state index in [4.69, 9.17) is 26.0 Å². The number of aromatic nitrogens is 2. The first-order valence-corrected chi connectivity index (χ1v) is 7.51. The Kier molecular flexibility index (Phi) is 4.14. The summed E-state index contributed by atoms with van der Waals surface area (Å²) in [5.74, 6) is -0.998. The van der Waals surface area contributed by atoms with Crippen LogP contribution in [0, 0.1) is 0 Å². The summed E-state index contributed by atoms with van der Waals surface area (Å²) in [5.41, 5.74) is 6.74. The van der Waals surface area contributed by atoms with E-state index in [1.165, 1.54) is 0 Å². The Morgan fingerprint density at radius 3 is 2.45 bits per heavy atom. The van der Waals surface area contributed by atoms with E-state index in [1.54, 1.807) is 0 Å². The molecule has 0 spiro atoms. The van der Waals surface area contributed by atoms with Gasteiger partial charge in [-0.15, -0.1) is 0 Å². The summed E-state index contributed by atoms with van der Waals surface area (Å²) in [6, 6.07) is 0. The van der Waals surface area contributed by atoms with Crippen LogP contribution >= 0.6 is 7.60 Å². The van der Waals surface area contributed by atoms with Gasteiger partial charge in [-0.3, -0.25) is 15.1 Å². The van der Waals surface area contributed by atoms with Gasteiger partial charge in [0, 0.05) is 6.20 Å². The minimum atomic E-state index is -5.28. The minimum absolute atomic E-state index is 0.135. The second-order valence-electron chi connectivity index (χ2n) is 4.82. The van der Waals surface area contributed by atoms with Crippen LogP contribution in [0.4, 0.5) is 0 Å². The highest BCUT2D eigenvalue weighted by molar-refractivity contribution is 7.53. The molecule has 0 aliphatic carbocycles. The lowest BCUT2D eigenvalue weighted by Gasteiger charge is -2.31. The van der Waals surface area contributed by atoms with Crippen molar-refractivity contribution in [2.24, 2.45) is 11.5 Å². The normalized spacial score (nSPS) is 31.9. The molecule has 2 rings (SSSR count). The topological polar surface area (TPSA) is 225 Å². The monoisotopic (exact) mass is 338 g/mol. The van der Waals surface area contributed by atoms with E-state index in [0.717, 1.165) is 6.20 Å². The lowest BCUT2D eigenvalue weighted by molar-refractivity contribution is -0.0954. The summed E-state index contributed by atoms with van der Waals surface area (Å²) in [6.07, 6.45) is -5.90. The number of aliphatic hydroxyl groups excluding tert-OH is 2. The Hall–Kier alpha value is -1.37. The molecule has 12 nitrogen and oxygen atoms in total. The fraction of sp³-hybridized carbons (Fsp3) is 0.556. The van der Waals surface area contributed by atoms with Crippen molar-refractivity contribution in [2.45, 2.75) is 29.9 Å². The second-order valence-corrected chi connectivity index (χ2v) is 6.63. The van der Waals surface area contributed by atoms with E-state index in [0.29, 0.717) is 0 Å². The molecule has 1 aliphatic heterocycles. The van der Waals surface area contributed by atoms with Gasteiger partial charge >= 0.3 is 7.60 Å². The first kappa shape index (κ1) is 17.0. The maximum absolute atomic E-state index is 11.2. The van der Waals surface area contributed by atoms with Gasteiger partial charge in [-0.1, -0.05) is 0 Å². The van der Waals surface area contributed by atoms with E-state index in [1.807, 2.05) is 0 Å². The zero-order valence-electron chi connectivity index (χ0n) is 10.9. The highest BCUT2D eigenvalue weighted by Crippen LogP contribution is 2.51. The molecule has 1 fully saturated rings. The summed E-state index contributed by atoms with van der Waals surface area (Å²) >= 11 is 0. The molecular formula is C9H15N4O8P. The molecule has 1 aliphatic rings. The standard InChI is InChI=1S/C9H15N4O8P/c10-7(16)2-1-12-8(13-2)5-3(14)4(15)6(21-5)9(11,17)22(18,19)20/h1,3-6,14-15,17H,11H2,(H2,10,16)(H,12,13)(H2,18,19,20)/t3-,4+,5?,6+,9?/m1/s1. The number of imidazole rings is 1. The van der Waals surface area contributed by atoms with Crippen molar-refractivity contribution >= 4 is 13.5 Å². The van der Waals surface area contributed by atoms with Gasteiger partial charge in [-0.05, 0) is 0 Å². The molecule has 0 bridgehead atoms. The number of aromatic amines is 1. The smallest absolute Gasteiger partial charge is 0.374 e. The highest BCUT2D eigenvalue weighted by Gasteiger charge is 2.59.